The zero-order valence-corrected chi connectivity index (χ0v) is 10.8. The number of nitrogens with zero attached hydrogens (tertiary/aromatic N) is 3. The molecule has 0 saturated heterocycles. The summed E-state index contributed by atoms with van der Waals surface area (Å²) < 4.78 is 0. The van der Waals surface area contributed by atoms with Crippen molar-refractivity contribution in [3.63, 3.8) is 0 Å². The minimum Gasteiger partial charge on any atom is -0.377 e. The highest BCUT2D eigenvalue weighted by Gasteiger charge is 2.30. The Balaban J connectivity index is 2.11. The fourth-order valence-corrected chi connectivity index (χ4v) is 2.62. The molecule has 0 fully saturated rings. The van der Waals surface area contributed by atoms with E-state index in [-0.39, 0.29) is 5.91 Å². The molecule has 1 aromatic rings. The third kappa shape index (κ3) is 1.47. The van der Waals surface area contributed by atoms with Gasteiger partial charge in [0.05, 0.1) is 0 Å². The number of amides is 1. The topological polar surface area (TPSA) is 47.9 Å². The van der Waals surface area contributed by atoms with Crippen LogP contribution in [0.25, 0.3) is 0 Å². The summed E-state index contributed by atoms with van der Waals surface area (Å²) in [5.41, 5.74) is 4.81. The smallest absolute Gasteiger partial charge is 0.268 e. The fraction of sp³-hybridized carbons (Fsp3) is 0.385. The lowest BCUT2D eigenvalue weighted by Crippen LogP contribution is -2.43. The van der Waals surface area contributed by atoms with Crippen molar-refractivity contribution in [1.82, 2.24) is 5.32 Å². The van der Waals surface area contributed by atoms with Gasteiger partial charge in [-0.3, -0.25) is 4.79 Å². The van der Waals surface area contributed by atoms with E-state index in [1.54, 1.807) is 0 Å². The van der Waals surface area contributed by atoms with Crippen LogP contribution in [0.1, 0.15) is 11.1 Å². The normalized spacial score (nSPS) is 16.9. The lowest BCUT2D eigenvalue weighted by Gasteiger charge is -2.31. The molecule has 2 aliphatic heterocycles. The average Bonchev–Trinajstić information content (AvgIpc) is 2.69. The molecule has 0 aromatic heterocycles. The number of rotatable bonds is 1. The second kappa shape index (κ2) is 3.73. The van der Waals surface area contributed by atoms with Gasteiger partial charge in [-0.05, 0) is 24.6 Å². The number of fused-ring (bicyclic) bond motifs is 3. The van der Waals surface area contributed by atoms with E-state index in [1.807, 2.05) is 19.0 Å². The largest absolute Gasteiger partial charge is 0.377 e. The van der Waals surface area contributed by atoms with Gasteiger partial charge in [0, 0.05) is 37.6 Å². The van der Waals surface area contributed by atoms with Crippen LogP contribution >= 0.6 is 0 Å². The highest BCUT2D eigenvalue weighted by molar-refractivity contribution is 6.12. The lowest BCUT2D eigenvalue weighted by atomic mass is 10.0. The van der Waals surface area contributed by atoms with E-state index in [4.69, 9.17) is 0 Å². The Morgan fingerprint density at radius 2 is 2.17 bits per heavy atom. The standard InChI is InChI=1S/C13H16N4O/c1-8-9-6-14-13-15-12(18)7-17(13)11(9)5-4-10(8)16(2)3/h4-5H,6-7H2,1-3H3,(H,14,15,18). The van der Waals surface area contributed by atoms with Crippen LogP contribution in [0.2, 0.25) is 0 Å². The molecule has 0 atom stereocenters. The number of carbonyl (C=O) groups is 1. The SMILES string of the molecule is Cc1c(N(C)C)ccc2c1CNC1=NC(=O)CN12. The Bertz CT molecular complexity index is 562. The summed E-state index contributed by atoms with van der Waals surface area (Å²) in [6.45, 7) is 3.19. The van der Waals surface area contributed by atoms with E-state index < -0.39 is 0 Å². The first kappa shape index (κ1) is 11.1. The molecular formula is C13H16N4O. The molecule has 0 bridgehead atoms. The Morgan fingerprint density at radius 1 is 1.39 bits per heavy atom. The van der Waals surface area contributed by atoms with E-state index in [1.165, 1.54) is 16.8 Å². The monoisotopic (exact) mass is 244 g/mol. The molecule has 94 valence electrons. The van der Waals surface area contributed by atoms with E-state index in [0.717, 1.165) is 12.2 Å². The van der Waals surface area contributed by atoms with Gasteiger partial charge in [0.15, 0.2) is 0 Å². The van der Waals surface area contributed by atoms with Crippen LogP contribution in [0.15, 0.2) is 17.1 Å². The van der Waals surface area contributed by atoms with Crippen molar-refractivity contribution in [2.24, 2.45) is 4.99 Å². The van der Waals surface area contributed by atoms with Gasteiger partial charge in [0.2, 0.25) is 5.96 Å². The second-order valence-electron chi connectivity index (χ2n) is 4.87. The van der Waals surface area contributed by atoms with Crippen LogP contribution < -0.4 is 15.1 Å². The predicted octanol–water partition coefficient (Wildman–Crippen LogP) is 0.867. The molecule has 5 nitrogen and oxygen atoms in total. The number of hydrogen-bond donors (Lipinski definition) is 1. The molecule has 0 unspecified atom stereocenters. The van der Waals surface area contributed by atoms with Gasteiger partial charge in [0.1, 0.15) is 6.54 Å². The summed E-state index contributed by atoms with van der Waals surface area (Å²) in [4.78, 5) is 19.4. The summed E-state index contributed by atoms with van der Waals surface area (Å²) >= 11 is 0. The van der Waals surface area contributed by atoms with Crippen molar-refractivity contribution in [1.29, 1.82) is 0 Å². The van der Waals surface area contributed by atoms with E-state index in [2.05, 4.69) is 34.3 Å². The number of aliphatic imine (C=N–C) groups is 1. The second-order valence-corrected chi connectivity index (χ2v) is 4.87. The molecule has 0 saturated carbocycles. The minimum atomic E-state index is -0.0836. The molecule has 1 N–H and O–H groups in total. The van der Waals surface area contributed by atoms with Crippen LogP contribution in [-0.4, -0.2) is 32.5 Å². The van der Waals surface area contributed by atoms with E-state index >= 15 is 0 Å². The third-order valence-corrected chi connectivity index (χ3v) is 3.52. The van der Waals surface area contributed by atoms with Gasteiger partial charge >= 0.3 is 0 Å². The lowest BCUT2D eigenvalue weighted by molar-refractivity contribution is -0.115. The predicted molar refractivity (Wildman–Crippen MR) is 72.1 cm³/mol. The molecule has 0 spiro atoms. The molecule has 1 amide bonds. The maximum absolute atomic E-state index is 11.4. The quantitative estimate of drug-likeness (QED) is 0.796. The first-order valence-electron chi connectivity index (χ1n) is 6.00. The molecule has 2 heterocycles. The summed E-state index contributed by atoms with van der Waals surface area (Å²) in [6, 6.07) is 4.17. The number of benzene rings is 1. The maximum atomic E-state index is 11.4. The molecule has 18 heavy (non-hydrogen) atoms. The maximum Gasteiger partial charge on any atom is 0.268 e. The Hall–Kier alpha value is -2.04. The van der Waals surface area contributed by atoms with Crippen molar-refractivity contribution in [2.75, 3.05) is 30.4 Å². The Morgan fingerprint density at radius 3 is 2.89 bits per heavy atom. The molecule has 3 rings (SSSR count). The summed E-state index contributed by atoms with van der Waals surface area (Å²) in [6.07, 6.45) is 0. The first-order valence-corrected chi connectivity index (χ1v) is 6.00. The van der Waals surface area contributed by atoms with Gasteiger partial charge in [-0.1, -0.05) is 0 Å². The minimum absolute atomic E-state index is 0.0836. The van der Waals surface area contributed by atoms with Crippen molar-refractivity contribution >= 4 is 23.2 Å². The number of anilines is 2. The molecule has 0 radical (unpaired) electrons. The number of guanidine groups is 1. The van der Waals surface area contributed by atoms with Crippen LogP contribution in [0, 0.1) is 6.92 Å². The van der Waals surface area contributed by atoms with Crippen LogP contribution in [0.5, 0.6) is 0 Å². The van der Waals surface area contributed by atoms with Crippen molar-refractivity contribution in [3.05, 3.63) is 23.3 Å². The van der Waals surface area contributed by atoms with Gasteiger partial charge in [-0.25, -0.2) is 0 Å². The van der Waals surface area contributed by atoms with Crippen molar-refractivity contribution in [2.45, 2.75) is 13.5 Å². The molecule has 5 heteroatoms. The van der Waals surface area contributed by atoms with Gasteiger partial charge in [0.25, 0.3) is 5.91 Å². The Labute approximate surface area is 106 Å². The molecule has 0 aliphatic carbocycles. The summed E-state index contributed by atoms with van der Waals surface area (Å²) in [7, 11) is 4.08. The van der Waals surface area contributed by atoms with Gasteiger partial charge in [-0.15, -0.1) is 0 Å². The van der Waals surface area contributed by atoms with Crippen LogP contribution in [0.3, 0.4) is 0 Å². The van der Waals surface area contributed by atoms with Crippen LogP contribution in [-0.2, 0) is 11.3 Å². The summed E-state index contributed by atoms with van der Waals surface area (Å²) in [5.74, 6) is 0.601. The molecular weight excluding hydrogens is 228 g/mol. The van der Waals surface area contributed by atoms with Gasteiger partial charge in [-0.2, -0.15) is 4.99 Å². The third-order valence-electron chi connectivity index (χ3n) is 3.52. The number of hydrogen-bond acceptors (Lipinski definition) is 4. The highest BCUT2D eigenvalue weighted by Crippen LogP contribution is 2.33. The summed E-state index contributed by atoms with van der Waals surface area (Å²) in [5, 5.41) is 3.21. The Kier molecular flexibility index (Phi) is 2.29. The molecule has 1 aromatic carbocycles. The number of nitrogens with one attached hydrogen (secondary N) is 1. The fourth-order valence-electron chi connectivity index (χ4n) is 2.62. The van der Waals surface area contributed by atoms with Crippen molar-refractivity contribution in [3.8, 4) is 0 Å². The van der Waals surface area contributed by atoms with Crippen molar-refractivity contribution < 1.29 is 4.79 Å². The average molecular weight is 244 g/mol. The molecule has 2 aliphatic rings. The zero-order chi connectivity index (χ0) is 12.9. The number of carbonyl (C=O) groups excluding carboxylic acids is 1. The van der Waals surface area contributed by atoms with E-state index in [0.29, 0.717) is 12.5 Å². The first-order chi connectivity index (χ1) is 8.58. The zero-order valence-electron chi connectivity index (χ0n) is 10.8. The van der Waals surface area contributed by atoms with Crippen LogP contribution in [0.4, 0.5) is 11.4 Å². The highest BCUT2D eigenvalue weighted by atomic mass is 16.2. The van der Waals surface area contributed by atoms with E-state index in [9.17, 15) is 4.79 Å². The van der Waals surface area contributed by atoms with Gasteiger partial charge < -0.3 is 15.1 Å².